The predicted octanol–water partition coefficient (Wildman–Crippen LogP) is 2.89. The van der Waals surface area contributed by atoms with Crippen LogP contribution in [0.25, 0.3) is 0 Å². The molecule has 10 nitrogen and oxygen atoms in total. The summed E-state index contributed by atoms with van der Waals surface area (Å²) in [5.74, 6) is 0.0163. The van der Waals surface area contributed by atoms with E-state index < -0.39 is 28.0 Å². The van der Waals surface area contributed by atoms with Gasteiger partial charge in [-0.1, -0.05) is 61.8 Å². The van der Waals surface area contributed by atoms with Gasteiger partial charge >= 0.3 is 0 Å². The van der Waals surface area contributed by atoms with Crippen molar-refractivity contribution < 1.29 is 22.8 Å². The lowest BCUT2D eigenvalue weighted by Gasteiger charge is -2.31. The van der Waals surface area contributed by atoms with E-state index in [1.54, 1.807) is 65.2 Å². The number of hydrogen-bond acceptors (Lipinski definition) is 7. The maximum atomic E-state index is 13.8. The van der Waals surface area contributed by atoms with Crippen LogP contribution in [0.4, 0.5) is 0 Å². The molecular formula is C30H42ClN5O5S2. The summed E-state index contributed by atoms with van der Waals surface area (Å²) in [6.07, 6.45) is 0.693. The number of hydrogen-bond donors (Lipinski definition) is 3. The lowest BCUT2D eigenvalue weighted by Crippen LogP contribution is -2.55. The highest BCUT2D eigenvalue weighted by Gasteiger charge is 2.39. The summed E-state index contributed by atoms with van der Waals surface area (Å²) in [4.78, 5) is 43.3. The highest BCUT2D eigenvalue weighted by molar-refractivity contribution is 7.99. The Morgan fingerprint density at radius 1 is 1.05 bits per heavy atom. The molecule has 2 saturated heterocycles. The zero-order valence-corrected chi connectivity index (χ0v) is 27.1. The highest BCUT2D eigenvalue weighted by Crippen LogP contribution is 2.22. The van der Waals surface area contributed by atoms with Crippen LogP contribution in [0.5, 0.6) is 0 Å². The molecular weight excluding hydrogens is 610 g/mol. The molecule has 236 valence electrons. The van der Waals surface area contributed by atoms with Gasteiger partial charge in [0.2, 0.25) is 27.7 Å². The van der Waals surface area contributed by atoms with Crippen LogP contribution in [-0.2, 0) is 43.2 Å². The van der Waals surface area contributed by atoms with Crippen molar-refractivity contribution in [2.24, 2.45) is 5.73 Å². The van der Waals surface area contributed by atoms with E-state index in [1.165, 1.54) is 4.90 Å². The molecule has 2 heterocycles. The number of nitrogens with two attached hydrogens (primary N) is 1. The summed E-state index contributed by atoms with van der Waals surface area (Å²) in [5, 5.41) is 3.40. The number of nitrogens with zero attached hydrogens (tertiary/aromatic N) is 2. The van der Waals surface area contributed by atoms with E-state index >= 15 is 0 Å². The largest absolute Gasteiger partial charge is 0.350 e. The number of sulfonamides is 1. The first-order valence-electron chi connectivity index (χ1n) is 14.6. The van der Waals surface area contributed by atoms with Crippen molar-refractivity contribution >= 4 is 51.1 Å². The number of amides is 3. The molecule has 2 aliphatic heterocycles. The minimum absolute atomic E-state index is 0.184. The maximum absolute atomic E-state index is 13.8. The van der Waals surface area contributed by atoms with Crippen molar-refractivity contribution in [3.8, 4) is 0 Å². The van der Waals surface area contributed by atoms with Gasteiger partial charge in [-0.05, 0) is 41.7 Å². The monoisotopic (exact) mass is 651 g/mol. The lowest BCUT2D eigenvalue weighted by molar-refractivity contribution is -0.142. The Bertz CT molecular complexity index is 1340. The second-order valence-electron chi connectivity index (χ2n) is 10.1. The number of rotatable bonds is 11. The molecule has 3 amide bonds. The Morgan fingerprint density at radius 2 is 1.74 bits per heavy atom. The molecule has 2 atom stereocenters. The summed E-state index contributed by atoms with van der Waals surface area (Å²) >= 11 is 7.87. The van der Waals surface area contributed by atoms with Gasteiger partial charge in [0.1, 0.15) is 12.1 Å². The van der Waals surface area contributed by atoms with Crippen LogP contribution >= 0.6 is 23.4 Å². The van der Waals surface area contributed by atoms with E-state index in [1.807, 2.05) is 13.8 Å². The number of carbonyl (C=O) groups excluding carboxylic acids is 3. The fraction of sp³-hybridized carbons (Fsp3) is 0.500. The average molecular weight is 652 g/mol. The first-order valence-corrected chi connectivity index (χ1v) is 17.8. The van der Waals surface area contributed by atoms with Gasteiger partial charge in [-0.3, -0.25) is 14.4 Å². The number of carbonyl (C=O) groups is 3. The topological polar surface area (TPSA) is 142 Å². The van der Waals surface area contributed by atoms with Gasteiger partial charge in [-0.2, -0.15) is 11.8 Å². The van der Waals surface area contributed by atoms with Gasteiger partial charge < -0.3 is 20.9 Å². The van der Waals surface area contributed by atoms with Crippen molar-refractivity contribution in [3.63, 3.8) is 0 Å². The fourth-order valence-electron chi connectivity index (χ4n) is 5.11. The molecule has 0 bridgehead atoms. The Hall–Kier alpha value is -2.64. The minimum atomic E-state index is -3.98. The molecule has 0 aliphatic carbocycles. The summed E-state index contributed by atoms with van der Waals surface area (Å²) < 4.78 is 28.8. The summed E-state index contributed by atoms with van der Waals surface area (Å²) in [6, 6.07) is 11.8. The zero-order valence-electron chi connectivity index (χ0n) is 24.8. The molecule has 13 heteroatoms. The Balaban J connectivity index is 0.00000248. The predicted molar refractivity (Wildman–Crippen MR) is 172 cm³/mol. The van der Waals surface area contributed by atoms with Gasteiger partial charge in [0.05, 0.1) is 12.2 Å². The molecule has 1 unspecified atom stereocenters. The first kappa shape index (κ1) is 34.8. The molecule has 2 aromatic carbocycles. The van der Waals surface area contributed by atoms with Crippen molar-refractivity contribution in [3.05, 3.63) is 70.2 Å². The van der Waals surface area contributed by atoms with Crippen LogP contribution in [0.3, 0.4) is 0 Å². The third kappa shape index (κ3) is 10.2. The van der Waals surface area contributed by atoms with E-state index in [9.17, 15) is 22.8 Å². The molecule has 2 aliphatic rings. The Kier molecular flexibility index (Phi) is 13.8. The molecule has 0 radical (unpaired) electrons. The van der Waals surface area contributed by atoms with Crippen LogP contribution in [0.1, 0.15) is 49.8 Å². The third-order valence-electron chi connectivity index (χ3n) is 7.24. The molecule has 0 spiro atoms. The SMILES string of the molecule is CC.NCc1ccc(Cl)cc1CNC(=O)[C@@H]1CCCN1C(=O)C(CC(=O)N1CCSCC1)NS(=O)(=O)Cc1ccccc1. The smallest absolute Gasteiger partial charge is 0.243 e. The van der Waals surface area contributed by atoms with Crippen molar-refractivity contribution in [2.45, 2.75) is 64.0 Å². The molecule has 2 aromatic rings. The summed E-state index contributed by atoms with van der Waals surface area (Å²) in [5.41, 5.74) is 8.00. The van der Waals surface area contributed by atoms with Crippen molar-refractivity contribution in [1.29, 1.82) is 0 Å². The molecule has 0 aromatic heterocycles. The van der Waals surface area contributed by atoms with E-state index in [4.69, 9.17) is 17.3 Å². The summed E-state index contributed by atoms with van der Waals surface area (Å²) in [6.45, 7) is 5.84. The number of nitrogens with one attached hydrogen (secondary N) is 2. The van der Waals surface area contributed by atoms with Crippen LogP contribution in [0.2, 0.25) is 5.02 Å². The molecule has 0 saturated carbocycles. The number of likely N-dealkylation sites (tertiary alicyclic amines) is 1. The molecule has 4 N–H and O–H groups in total. The molecule has 43 heavy (non-hydrogen) atoms. The van der Waals surface area contributed by atoms with E-state index in [-0.39, 0.29) is 43.6 Å². The van der Waals surface area contributed by atoms with Gasteiger partial charge in [0.15, 0.2) is 0 Å². The molecule has 4 rings (SSSR count). The zero-order chi connectivity index (χ0) is 31.4. The number of thioether (sulfide) groups is 1. The van der Waals surface area contributed by atoms with Gasteiger partial charge in [-0.25, -0.2) is 13.1 Å². The second kappa shape index (κ2) is 17.0. The standard InChI is InChI=1S/C28H36ClN5O5S2.C2H6/c29-23-9-8-21(17-30)22(15-23)18-31-27(36)25-7-4-10-34(25)28(37)24(16-26(35)33-11-13-40-14-12-33)32-41(38,39)19-20-5-2-1-3-6-20;1-2/h1-3,5-6,8-9,15,24-25,32H,4,7,10-14,16-19,30H2,(H,31,36);1-2H3/t24?,25-;/m0./s1. The first-order chi connectivity index (χ1) is 20.7. The summed E-state index contributed by atoms with van der Waals surface area (Å²) in [7, 11) is -3.98. The van der Waals surface area contributed by atoms with E-state index in [2.05, 4.69) is 10.0 Å². The average Bonchev–Trinajstić information content (AvgIpc) is 3.51. The van der Waals surface area contributed by atoms with Crippen LogP contribution in [0.15, 0.2) is 48.5 Å². The molecule has 2 fully saturated rings. The van der Waals surface area contributed by atoms with Crippen molar-refractivity contribution in [1.82, 2.24) is 19.8 Å². The number of benzene rings is 2. The minimum Gasteiger partial charge on any atom is -0.350 e. The fourth-order valence-corrected chi connectivity index (χ4v) is 7.54. The van der Waals surface area contributed by atoms with Crippen LogP contribution < -0.4 is 15.8 Å². The second-order valence-corrected chi connectivity index (χ2v) is 13.6. The van der Waals surface area contributed by atoms with E-state index in [0.29, 0.717) is 36.5 Å². The van der Waals surface area contributed by atoms with E-state index in [0.717, 1.165) is 22.6 Å². The Morgan fingerprint density at radius 3 is 2.42 bits per heavy atom. The normalized spacial score (nSPS) is 17.5. The highest BCUT2D eigenvalue weighted by atomic mass is 35.5. The van der Waals surface area contributed by atoms with Gasteiger partial charge in [-0.15, -0.1) is 0 Å². The number of halogens is 1. The van der Waals surface area contributed by atoms with Gasteiger partial charge in [0, 0.05) is 49.3 Å². The van der Waals surface area contributed by atoms with Crippen molar-refractivity contribution in [2.75, 3.05) is 31.1 Å². The third-order valence-corrected chi connectivity index (χ3v) is 9.78. The maximum Gasteiger partial charge on any atom is 0.243 e. The van der Waals surface area contributed by atoms with Gasteiger partial charge in [0.25, 0.3) is 0 Å². The Labute approximate surface area is 264 Å². The lowest BCUT2D eigenvalue weighted by atomic mass is 10.1. The quantitative estimate of drug-likeness (QED) is 0.339. The van der Waals surface area contributed by atoms with Crippen LogP contribution in [0, 0.1) is 0 Å². The van der Waals surface area contributed by atoms with Crippen LogP contribution in [-0.4, -0.2) is 79.2 Å².